The van der Waals surface area contributed by atoms with Gasteiger partial charge in [0.2, 0.25) is 11.0 Å². The van der Waals surface area contributed by atoms with E-state index < -0.39 is 0 Å². The molecule has 0 aliphatic heterocycles. The van der Waals surface area contributed by atoms with Crippen molar-refractivity contribution >= 4 is 22.4 Å². The molecule has 0 N–H and O–H groups in total. The van der Waals surface area contributed by atoms with Gasteiger partial charge >= 0.3 is 0 Å². The molecular weight excluding hydrogens is 306 g/mol. The standard InChI is InChI=1S/C18H25N3OS/c1-5-6-7-16(22)21(12-13(2)3)18-20-19-17(23-18)15-10-8-14(4)9-11-15/h8-11,13H,5-7,12H2,1-4H3. The number of hydrogen-bond donors (Lipinski definition) is 0. The average molecular weight is 331 g/mol. The Hall–Kier alpha value is -1.75. The van der Waals surface area contributed by atoms with Crippen LogP contribution in [0.1, 0.15) is 45.6 Å². The van der Waals surface area contributed by atoms with E-state index in [0.717, 1.165) is 23.4 Å². The highest BCUT2D eigenvalue weighted by Crippen LogP contribution is 2.29. The van der Waals surface area contributed by atoms with E-state index in [2.05, 4.69) is 50.0 Å². The summed E-state index contributed by atoms with van der Waals surface area (Å²) in [5, 5.41) is 10.1. The Morgan fingerprint density at radius 1 is 1.22 bits per heavy atom. The van der Waals surface area contributed by atoms with Crippen LogP contribution in [0.3, 0.4) is 0 Å². The van der Waals surface area contributed by atoms with E-state index in [1.807, 2.05) is 12.1 Å². The van der Waals surface area contributed by atoms with Gasteiger partial charge in [0.15, 0.2) is 0 Å². The van der Waals surface area contributed by atoms with Crippen molar-refractivity contribution in [3.8, 4) is 10.6 Å². The Kier molecular flexibility index (Phi) is 6.28. The number of rotatable bonds is 7. The molecule has 0 unspecified atom stereocenters. The number of nitrogens with zero attached hydrogens (tertiary/aromatic N) is 3. The summed E-state index contributed by atoms with van der Waals surface area (Å²) in [6.45, 7) is 9.07. The van der Waals surface area contributed by atoms with Gasteiger partial charge in [-0.2, -0.15) is 0 Å². The highest BCUT2D eigenvalue weighted by molar-refractivity contribution is 7.18. The van der Waals surface area contributed by atoms with Crippen LogP contribution < -0.4 is 4.90 Å². The molecule has 5 heteroatoms. The van der Waals surface area contributed by atoms with Crippen molar-refractivity contribution in [1.82, 2.24) is 10.2 Å². The van der Waals surface area contributed by atoms with Crippen molar-refractivity contribution < 1.29 is 4.79 Å². The SMILES string of the molecule is CCCCC(=O)N(CC(C)C)c1nnc(-c2ccc(C)cc2)s1. The number of amides is 1. The summed E-state index contributed by atoms with van der Waals surface area (Å²) < 4.78 is 0. The number of aromatic nitrogens is 2. The minimum absolute atomic E-state index is 0.146. The molecule has 124 valence electrons. The molecule has 1 amide bonds. The zero-order valence-electron chi connectivity index (χ0n) is 14.4. The van der Waals surface area contributed by atoms with Gasteiger partial charge in [-0.3, -0.25) is 9.69 Å². The zero-order chi connectivity index (χ0) is 16.8. The van der Waals surface area contributed by atoms with E-state index in [1.165, 1.54) is 16.9 Å². The Balaban J connectivity index is 2.22. The van der Waals surface area contributed by atoms with Crippen LogP contribution in [0, 0.1) is 12.8 Å². The lowest BCUT2D eigenvalue weighted by Gasteiger charge is -2.21. The summed E-state index contributed by atoms with van der Waals surface area (Å²) in [7, 11) is 0. The quantitative estimate of drug-likeness (QED) is 0.739. The van der Waals surface area contributed by atoms with Crippen LogP contribution in [0.5, 0.6) is 0 Å². The first-order valence-corrected chi connectivity index (χ1v) is 9.03. The third kappa shape index (κ3) is 4.86. The highest BCUT2D eigenvalue weighted by Gasteiger charge is 2.21. The Bertz CT molecular complexity index is 634. The van der Waals surface area contributed by atoms with Crippen LogP contribution in [0.25, 0.3) is 10.6 Å². The van der Waals surface area contributed by atoms with Crippen LogP contribution in [-0.4, -0.2) is 22.6 Å². The molecule has 0 spiro atoms. The Morgan fingerprint density at radius 3 is 2.52 bits per heavy atom. The lowest BCUT2D eigenvalue weighted by Crippen LogP contribution is -2.34. The molecule has 2 rings (SSSR count). The number of carbonyl (C=O) groups is 1. The number of benzene rings is 1. The van der Waals surface area contributed by atoms with Gasteiger partial charge in [0.1, 0.15) is 5.01 Å². The summed E-state index contributed by atoms with van der Waals surface area (Å²) in [6.07, 6.45) is 2.51. The fourth-order valence-corrected chi connectivity index (χ4v) is 3.13. The van der Waals surface area contributed by atoms with Crippen LogP contribution in [0.2, 0.25) is 0 Å². The van der Waals surface area contributed by atoms with E-state index in [0.29, 0.717) is 24.0 Å². The maximum absolute atomic E-state index is 12.5. The molecule has 0 atom stereocenters. The van der Waals surface area contributed by atoms with Crippen LogP contribution in [0.4, 0.5) is 5.13 Å². The second kappa shape index (κ2) is 8.20. The van der Waals surface area contributed by atoms with Gasteiger partial charge in [0.25, 0.3) is 0 Å². The van der Waals surface area contributed by atoms with Gasteiger partial charge in [-0.25, -0.2) is 0 Å². The predicted octanol–water partition coefficient (Wildman–Crippen LogP) is 4.69. The number of anilines is 1. The zero-order valence-corrected chi connectivity index (χ0v) is 15.2. The molecule has 0 saturated heterocycles. The molecule has 0 radical (unpaired) electrons. The van der Waals surface area contributed by atoms with Gasteiger partial charge in [0, 0.05) is 18.5 Å². The molecule has 1 aromatic heterocycles. The summed E-state index contributed by atoms with van der Waals surface area (Å²) in [6, 6.07) is 8.22. The van der Waals surface area contributed by atoms with E-state index >= 15 is 0 Å². The summed E-state index contributed by atoms with van der Waals surface area (Å²) >= 11 is 1.49. The molecule has 1 aromatic carbocycles. The molecule has 0 saturated carbocycles. The first kappa shape index (κ1) is 17.6. The van der Waals surface area contributed by atoms with Crippen molar-refractivity contribution in [3.05, 3.63) is 29.8 Å². The summed E-state index contributed by atoms with van der Waals surface area (Å²) in [5.41, 5.74) is 2.26. The lowest BCUT2D eigenvalue weighted by atomic mass is 10.2. The molecule has 23 heavy (non-hydrogen) atoms. The Labute approximate surface area is 142 Å². The summed E-state index contributed by atoms with van der Waals surface area (Å²) in [4.78, 5) is 14.3. The average Bonchev–Trinajstić information content (AvgIpc) is 3.00. The molecule has 1 heterocycles. The third-order valence-corrected chi connectivity index (χ3v) is 4.53. The first-order valence-electron chi connectivity index (χ1n) is 8.22. The minimum Gasteiger partial charge on any atom is -0.286 e. The van der Waals surface area contributed by atoms with E-state index in [-0.39, 0.29) is 5.91 Å². The molecule has 0 bridgehead atoms. The maximum atomic E-state index is 12.5. The lowest BCUT2D eigenvalue weighted by molar-refractivity contribution is -0.118. The molecule has 0 aliphatic rings. The minimum atomic E-state index is 0.146. The van der Waals surface area contributed by atoms with Crippen molar-refractivity contribution in [2.45, 2.75) is 47.0 Å². The third-order valence-electron chi connectivity index (χ3n) is 3.54. The number of aryl methyl sites for hydroxylation is 1. The van der Waals surface area contributed by atoms with Gasteiger partial charge in [-0.15, -0.1) is 10.2 Å². The largest absolute Gasteiger partial charge is 0.286 e. The summed E-state index contributed by atoms with van der Waals surface area (Å²) in [5.74, 6) is 0.541. The topological polar surface area (TPSA) is 46.1 Å². The Morgan fingerprint density at radius 2 is 1.91 bits per heavy atom. The number of carbonyl (C=O) groups excluding carboxylic acids is 1. The smallest absolute Gasteiger partial charge is 0.228 e. The van der Waals surface area contributed by atoms with Gasteiger partial charge in [-0.1, -0.05) is 68.4 Å². The van der Waals surface area contributed by atoms with Crippen LogP contribution >= 0.6 is 11.3 Å². The fraction of sp³-hybridized carbons (Fsp3) is 0.500. The van der Waals surface area contributed by atoms with Crippen LogP contribution in [0.15, 0.2) is 24.3 Å². The normalized spacial score (nSPS) is 11.0. The van der Waals surface area contributed by atoms with E-state index in [9.17, 15) is 4.79 Å². The molecule has 2 aromatic rings. The molecular formula is C18H25N3OS. The van der Waals surface area contributed by atoms with Crippen molar-refractivity contribution in [2.75, 3.05) is 11.4 Å². The monoisotopic (exact) mass is 331 g/mol. The molecule has 0 aliphatic carbocycles. The predicted molar refractivity (Wildman–Crippen MR) is 96.8 cm³/mol. The first-order chi connectivity index (χ1) is 11.0. The molecule has 0 fully saturated rings. The van der Waals surface area contributed by atoms with Crippen molar-refractivity contribution in [3.63, 3.8) is 0 Å². The second-order valence-corrected chi connectivity index (χ2v) is 7.21. The van der Waals surface area contributed by atoms with E-state index in [4.69, 9.17) is 0 Å². The number of unbranched alkanes of at least 4 members (excludes halogenated alkanes) is 1. The van der Waals surface area contributed by atoms with Gasteiger partial charge in [0.05, 0.1) is 0 Å². The molecule has 4 nitrogen and oxygen atoms in total. The maximum Gasteiger partial charge on any atom is 0.228 e. The number of hydrogen-bond acceptors (Lipinski definition) is 4. The van der Waals surface area contributed by atoms with E-state index in [1.54, 1.807) is 4.90 Å². The van der Waals surface area contributed by atoms with Crippen molar-refractivity contribution in [2.24, 2.45) is 5.92 Å². The van der Waals surface area contributed by atoms with Gasteiger partial charge < -0.3 is 0 Å². The second-order valence-electron chi connectivity index (χ2n) is 6.26. The van der Waals surface area contributed by atoms with Gasteiger partial charge in [-0.05, 0) is 19.3 Å². The highest BCUT2D eigenvalue weighted by atomic mass is 32.1. The fourth-order valence-electron chi connectivity index (χ4n) is 2.25. The van der Waals surface area contributed by atoms with Crippen molar-refractivity contribution in [1.29, 1.82) is 0 Å². The van der Waals surface area contributed by atoms with Crippen LogP contribution in [-0.2, 0) is 4.79 Å².